The summed E-state index contributed by atoms with van der Waals surface area (Å²) in [6, 6.07) is 8.20. The summed E-state index contributed by atoms with van der Waals surface area (Å²) in [5.41, 5.74) is 3.66. The first-order valence-corrected chi connectivity index (χ1v) is 5.62. The standard InChI is InChI=1S/C9H9Br.C4H8/c1-2-8-5-3-4-6-9(8)7-10;1-4(2)3/h2-6H,1,7H2;1H2,2-3H3. The molecule has 0 spiro atoms. The summed E-state index contributed by atoms with van der Waals surface area (Å²) >= 11 is 3.40. The summed E-state index contributed by atoms with van der Waals surface area (Å²) in [5, 5.41) is 0.898. The minimum atomic E-state index is 0.898. The molecule has 1 heteroatoms. The molecule has 0 bridgehead atoms. The van der Waals surface area contributed by atoms with E-state index in [4.69, 9.17) is 0 Å². The number of alkyl halides is 1. The lowest BCUT2D eigenvalue weighted by atomic mass is 10.1. The van der Waals surface area contributed by atoms with Gasteiger partial charge >= 0.3 is 0 Å². The molecule has 0 atom stereocenters. The van der Waals surface area contributed by atoms with E-state index in [9.17, 15) is 0 Å². The molecule has 0 nitrogen and oxygen atoms in total. The lowest BCUT2D eigenvalue weighted by Crippen LogP contribution is -1.80. The average Bonchev–Trinajstić information content (AvgIpc) is 2.17. The summed E-state index contributed by atoms with van der Waals surface area (Å²) in [6.07, 6.45) is 1.87. The van der Waals surface area contributed by atoms with E-state index in [2.05, 4.69) is 41.2 Å². The van der Waals surface area contributed by atoms with Gasteiger partial charge in [-0.1, -0.05) is 58.4 Å². The predicted molar refractivity (Wildman–Crippen MR) is 69.7 cm³/mol. The van der Waals surface area contributed by atoms with Crippen molar-refractivity contribution >= 4 is 22.0 Å². The van der Waals surface area contributed by atoms with Gasteiger partial charge in [0.05, 0.1) is 0 Å². The highest BCUT2D eigenvalue weighted by molar-refractivity contribution is 9.08. The van der Waals surface area contributed by atoms with Crippen molar-refractivity contribution in [3.8, 4) is 0 Å². The lowest BCUT2D eigenvalue weighted by Gasteiger charge is -1.98. The molecule has 0 aliphatic rings. The van der Waals surface area contributed by atoms with E-state index in [1.165, 1.54) is 16.7 Å². The highest BCUT2D eigenvalue weighted by Crippen LogP contribution is 2.12. The van der Waals surface area contributed by atoms with E-state index < -0.39 is 0 Å². The van der Waals surface area contributed by atoms with Crippen molar-refractivity contribution in [3.05, 3.63) is 54.1 Å². The first-order valence-electron chi connectivity index (χ1n) is 4.50. The second-order valence-corrected chi connectivity index (χ2v) is 3.80. The Morgan fingerprint density at radius 1 is 1.36 bits per heavy atom. The lowest BCUT2D eigenvalue weighted by molar-refractivity contribution is 1.41. The van der Waals surface area contributed by atoms with E-state index in [1.54, 1.807) is 0 Å². The molecular formula is C13H17Br. The maximum atomic E-state index is 3.72. The number of rotatable bonds is 2. The second kappa shape index (κ2) is 7.57. The van der Waals surface area contributed by atoms with Crippen molar-refractivity contribution in [3.63, 3.8) is 0 Å². The Morgan fingerprint density at radius 2 is 1.86 bits per heavy atom. The summed E-state index contributed by atoms with van der Waals surface area (Å²) in [6.45, 7) is 11.2. The summed E-state index contributed by atoms with van der Waals surface area (Å²) in [4.78, 5) is 0. The maximum absolute atomic E-state index is 3.72. The smallest absolute Gasteiger partial charge is 0.0288 e. The van der Waals surface area contributed by atoms with Gasteiger partial charge in [0.1, 0.15) is 0 Å². The molecule has 0 saturated carbocycles. The summed E-state index contributed by atoms with van der Waals surface area (Å²) < 4.78 is 0. The Labute approximate surface area is 95.5 Å². The molecule has 76 valence electrons. The van der Waals surface area contributed by atoms with Crippen LogP contribution in [0.1, 0.15) is 25.0 Å². The van der Waals surface area contributed by atoms with Crippen LogP contribution in [-0.2, 0) is 5.33 Å². The zero-order valence-electron chi connectivity index (χ0n) is 8.89. The van der Waals surface area contributed by atoms with Crippen molar-refractivity contribution in [1.82, 2.24) is 0 Å². The first kappa shape index (κ1) is 13.2. The van der Waals surface area contributed by atoms with Crippen LogP contribution in [0.3, 0.4) is 0 Å². The fraction of sp³-hybridized carbons (Fsp3) is 0.231. The summed E-state index contributed by atoms with van der Waals surface area (Å²) in [5.74, 6) is 0. The molecule has 1 aromatic rings. The monoisotopic (exact) mass is 252 g/mol. The van der Waals surface area contributed by atoms with Gasteiger partial charge < -0.3 is 0 Å². The minimum Gasteiger partial charge on any atom is -0.100 e. The summed E-state index contributed by atoms with van der Waals surface area (Å²) in [7, 11) is 0. The largest absolute Gasteiger partial charge is 0.100 e. The van der Waals surface area contributed by atoms with Gasteiger partial charge in [0.25, 0.3) is 0 Å². The highest BCUT2D eigenvalue weighted by Gasteiger charge is 1.92. The Bertz CT molecular complexity index is 296. The highest BCUT2D eigenvalue weighted by atomic mass is 79.9. The normalized spacial score (nSPS) is 8.50. The van der Waals surface area contributed by atoms with Crippen LogP contribution in [0.4, 0.5) is 0 Å². The van der Waals surface area contributed by atoms with E-state index in [0.29, 0.717) is 0 Å². The van der Waals surface area contributed by atoms with Crippen LogP contribution >= 0.6 is 15.9 Å². The topological polar surface area (TPSA) is 0 Å². The molecule has 0 unspecified atom stereocenters. The SMILES string of the molecule is C=C(C)C.C=Cc1ccccc1CBr. The molecule has 1 rings (SSSR count). The first-order chi connectivity index (χ1) is 6.61. The van der Waals surface area contributed by atoms with Crippen LogP contribution in [0.2, 0.25) is 0 Å². The van der Waals surface area contributed by atoms with Crippen LogP contribution in [0.5, 0.6) is 0 Å². The van der Waals surface area contributed by atoms with Crippen LogP contribution in [0, 0.1) is 0 Å². The fourth-order valence-corrected chi connectivity index (χ4v) is 1.37. The minimum absolute atomic E-state index is 0.898. The van der Waals surface area contributed by atoms with Gasteiger partial charge in [0.2, 0.25) is 0 Å². The van der Waals surface area contributed by atoms with Crippen LogP contribution in [0.25, 0.3) is 6.08 Å². The molecule has 0 aromatic heterocycles. The number of benzene rings is 1. The Hall–Kier alpha value is -0.820. The van der Waals surface area contributed by atoms with Gasteiger partial charge in [-0.3, -0.25) is 0 Å². The Balaban J connectivity index is 0.000000364. The fourth-order valence-electron chi connectivity index (χ4n) is 0.855. The van der Waals surface area contributed by atoms with Crippen LogP contribution in [0.15, 0.2) is 43.0 Å². The Morgan fingerprint density at radius 3 is 2.21 bits per heavy atom. The molecule has 1 aromatic carbocycles. The van der Waals surface area contributed by atoms with E-state index in [-0.39, 0.29) is 0 Å². The van der Waals surface area contributed by atoms with Crippen molar-refractivity contribution in [2.45, 2.75) is 19.2 Å². The molecule has 0 aliphatic carbocycles. The number of hydrogen-bond acceptors (Lipinski definition) is 0. The third-order valence-electron chi connectivity index (χ3n) is 1.42. The van der Waals surface area contributed by atoms with Gasteiger partial charge in [-0.15, -0.1) is 6.58 Å². The van der Waals surface area contributed by atoms with E-state index in [0.717, 1.165) is 5.33 Å². The number of allylic oxidation sites excluding steroid dienone is 1. The molecule has 0 radical (unpaired) electrons. The van der Waals surface area contributed by atoms with Gasteiger partial charge in [0, 0.05) is 5.33 Å². The zero-order valence-corrected chi connectivity index (χ0v) is 10.5. The molecule has 0 fully saturated rings. The average molecular weight is 253 g/mol. The molecule has 0 heterocycles. The van der Waals surface area contributed by atoms with Crippen LogP contribution < -0.4 is 0 Å². The third-order valence-corrected chi connectivity index (χ3v) is 2.02. The Kier molecular flexibility index (Phi) is 7.13. The quantitative estimate of drug-likeness (QED) is 0.524. The van der Waals surface area contributed by atoms with E-state index >= 15 is 0 Å². The number of halogens is 1. The molecular weight excluding hydrogens is 236 g/mol. The van der Waals surface area contributed by atoms with Gasteiger partial charge in [0.15, 0.2) is 0 Å². The van der Waals surface area contributed by atoms with Crippen molar-refractivity contribution in [1.29, 1.82) is 0 Å². The zero-order chi connectivity index (χ0) is 11.0. The third kappa shape index (κ3) is 5.76. The molecule has 0 amide bonds. The van der Waals surface area contributed by atoms with Gasteiger partial charge in [-0.2, -0.15) is 0 Å². The molecule has 0 saturated heterocycles. The molecule has 0 N–H and O–H groups in total. The molecule has 0 aliphatic heterocycles. The van der Waals surface area contributed by atoms with Gasteiger partial charge in [-0.05, 0) is 25.0 Å². The number of hydrogen-bond donors (Lipinski definition) is 0. The molecule has 14 heavy (non-hydrogen) atoms. The predicted octanol–water partition coefficient (Wildman–Crippen LogP) is 4.81. The van der Waals surface area contributed by atoms with Crippen molar-refractivity contribution < 1.29 is 0 Å². The second-order valence-electron chi connectivity index (χ2n) is 3.24. The van der Waals surface area contributed by atoms with Crippen LogP contribution in [-0.4, -0.2) is 0 Å². The maximum Gasteiger partial charge on any atom is 0.0288 e. The van der Waals surface area contributed by atoms with E-state index in [1.807, 2.05) is 32.1 Å². The van der Waals surface area contributed by atoms with Gasteiger partial charge in [-0.25, -0.2) is 0 Å². The van der Waals surface area contributed by atoms with Crippen molar-refractivity contribution in [2.24, 2.45) is 0 Å². The van der Waals surface area contributed by atoms with Crippen molar-refractivity contribution in [2.75, 3.05) is 0 Å².